The van der Waals surface area contributed by atoms with Crippen molar-refractivity contribution in [2.24, 2.45) is 0 Å². The van der Waals surface area contributed by atoms with Crippen LogP contribution in [0.4, 0.5) is 0 Å². The summed E-state index contributed by atoms with van der Waals surface area (Å²) in [7, 11) is 0. The maximum Gasteiger partial charge on any atom is 0.0777 e. The normalized spacial score (nSPS) is 24.5. The lowest BCUT2D eigenvalue weighted by Crippen LogP contribution is -2.33. The highest BCUT2D eigenvalue weighted by atomic mass is 16.3. The zero-order valence-corrected chi connectivity index (χ0v) is 9.48. The summed E-state index contributed by atoms with van der Waals surface area (Å²) in [5.41, 5.74) is 2.62. The smallest absolute Gasteiger partial charge is 0.0777 e. The molecule has 15 heavy (non-hydrogen) atoms. The summed E-state index contributed by atoms with van der Waals surface area (Å²) in [5, 5.41) is 10.1. The molecule has 0 heterocycles. The SMILES string of the molecule is CCN(CC)[C@H]1c2ccccc2C[C@H]1O. The van der Waals surface area contributed by atoms with Crippen LogP contribution >= 0.6 is 0 Å². The maximum absolute atomic E-state index is 10.1. The van der Waals surface area contributed by atoms with Crippen molar-refractivity contribution in [2.75, 3.05) is 13.1 Å². The van der Waals surface area contributed by atoms with Gasteiger partial charge in [0, 0.05) is 6.42 Å². The summed E-state index contributed by atoms with van der Waals surface area (Å²) in [6.07, 6.45) is 0.569. The molecule has 0 bridgehead atoms. The standard InChI is InChI=1S/C13H19NO/c1-3-14(4-2)13-11-8-6-5-7-10(11)9-12(13)15/h5-8,12-13,15H,3-4,9H2,1-2H3/t12-,13+/m1/s1. The van der Waals surface area contributed by atoms with Gasteiger partial charge in [0.05, 0.1) is 12.1 Å². The fraction of sp³-hybridized carbons (Fsp3) is 0.538. The van der Waals surface area contributed by atoms with Gasteiger partial charge in [0.1, 0.15) is 0 Å². The second kappa shape index (κ2) is 4.33. The Morgan fingerprint density at radius 1 is 1.27 bits per heavy atom. The van der Waals surface area contributed by atoms with E-state index in [0.717, 1.165) is 19.5 Å². The molecule has 2 rings (SSSR count). The summed E-state index contributed by atoms with van der Waals surface area (Å²) < 4.78 is 0. The predicted octanol–water partition coefficient (Wildman–Crippen LogP) is 1.99. The topological polar surface area (TPSA) is 23.5 Å². The van der Waals surface area contributed by atoms with Crippen molar-refractivity contribution in [3.8, 4) is 0 Å². The number of aliphatic hydroxyl groups is 1. The summed E-state index contributed by atoms with van der Waals surface area (Å²) in [4.78, 5) is 2.33. The Hall–Kier alpha value is -0.860. The van der Waals surface area contributed by atoms with Crippen LogP contribution in [0.15, 0.2) is 24.3 Å². The molecule has 0 fully saturated rings. The molecular weight excluding hydrogens is 186 g/mol. The van der Waals surface area contributed by atoms with Gasteiger partial charge < -0.3 is 5.11 Å². The highest BCUT2D eigenvalue weighted by molar-refractivity contribution is 5.36. The molecular formula is C13H19NO. The first-order chi connectivity index (χ1) is 7.27. The molecule has 1 aromatic carbocycles. The minimum atomic E-state index is -0.234. The molecule has 0 aliphatic heterocycles. The van der Waals surface area contributed by atoms with E-state index in [1.807, 2.05) is 0 Å². The Morgan fingerprint density at radius 3 is 2.60 bits per heavy atom. The van der Waals surface area contributed by atoms with Crippen LogP contribution < -0.4 is 0 Å². The van der Waals surface area contributed by atoms with E-state index in [1.165, 1.54) is 11.1 Å². The molecule has 0 unspecified atom stereocenters. The Labute approximate surface area is 91.5 Å². The van der Waals surface area contributed by atoms with E-state index in [1.54, 1.807) is 0 Å². The van der Waals surface area contributed by atoms with Crippen molar-refractivity contribution in [1.29, 1.82) is 0 Å². The van der Waals surface area contributed by atoms with E-state index in [-0.39, 0.29) is 12.1 Å². The Morgan fingerprint density at radius 2 is 1.93 bits per heavy atom. The summed E-state index contributed by atoms with van der Waals surface area (Å²) in [5.74, 6) is 0. The number of fused-ring (bicyclic) bond motifs is 1. The van der Waals surface area contributed by atoms with Crippen LogP contribution in [-0.4, -0.2) is 29.2 Å². The van der Waals surface area contributed by atoms with E-state index >= 15 is 0 Å². The molecule has 0 radical (unpaired) electrons. The lowest BCUT2D eigenvalue weighted by molar-refractivity contribution is 0.0672. The lowest BCUT2D eigenvalue weighted by atomic mass is 10.1. The largest absolute Gasteiger partial charge is 0.391 e. The number of rotatable bonds is 3. The average molecular weight is 205 g/mol. The van der Waals surface area contributed by atoms with E-state index in [9.17, 15) is 5.11 Å². The molecule has 82 valence electrons. The van der Waals surface area contributed by atoms with Crippen molar-refractivity contribution in [3.05, 3.63) is 35.4 Å². The first kappa shape index (κ1) is 10.7. The molecule has 0 saturated heterocycles. The number of likely N-dealkylation sites (N-methyl/N-ethyl adjacent to an activating group) is 1. The predicted molar refractivity (Wildman–Crippen MR) is 61.8 cm³/mol. The Bertz CT molecular complexity index is 333. The van der Waals surface area contributed by atoms with E-state index < -0.39 is 0 Å². The van der Waals surface area contributed by atoms with Gasteiger partial charge >= 0.3 is 0 Å². The van der Waals surface area contributed by atoms with Crippen molar-refractivity contribution >= 4 is 0 Å². The highest BCUT2D eigenvalue weighted by Gasteiger charge is 2.33. The van der Waals surface area contributed by atoms with E-state index in [2.05, 4.69) is 43.0 Å². The summed E-state index contributed by atoms with van der Waals surface area (Å²) in [6, 6.07) is 8.59. The van der Waals surface area contributed by atoms with Gasteiger partial charge in [-0.25, -0.2) is 0 Å². The zero-order chi connectivity index (χ0) is 10.8. The monoisotopic (exact) mass is 205 g/mol. The Kier molecular flexibility index (Phi) is 3.08. The zero-order valence-electron chi connectivity index (χ0n) is 9.48. The van der Waals surface area contributed by atoms with Gasteiger partial charge in [0.15, 0.2) is 0 Å². The number of nitrogens with zero attached hydrogens (tertiary/aromatic N) is 1. The van der Waals surface area contributed by atoms with Crippen LogP contribution in [0.25, 0.3) is 0 Å². The third-order valence-electron chi connectivity index (χ3n) is 3.37. The second-order valence-corrected chi connectivity index (χ2v) is 4.14. The number of hydrogen-bond acceptors (Lipinski definition) is 2. The molecule has 0 aromatic heterocycles. The van der Waals surface area contributed by atoms with Crippen LogP contribution in [0, 0.1) is 0 Å². The van der Waals surface area contributed by atoms with Gasteiger partial charge in [-0.1, -0.05) is 38.1 Å². The molecule has 1 aromatic rings. The van der Waals surface area contributed by atoms with Crippen LogP contribution in [-0.2, 0) is 6.42 Å². The third-order valence-corrected chi connectivity index (χ3v) is 3.37. The van der Waals surface area contributed by atoms with Gasteiger partial charge in [-0.3, -0.25) is 4.90 Å². The molecule has 1 aliphatic carbocycles. The minimum absolute atomic E-state index is 0.205. The van der Waals surface area contributed by atoms with Gasteiger partial charge in [0.25, 0.3) is 0 Å². The van der Waals surface area contributed by atoms with Crippen LogP contribution in [0.1, 0.15) is 31.0 Å². The number of hydrogen-bond donors (Lipinski definition) is 1. The molecule has 1 aliphatic rings. The molecule has 0 spiro atoms. The first-order valence-electron chi connectivity index (χ1n) is 5.77. The summed E-state index contributed by atoms with van der Waals surface area (Å²) >= 11 is 0. The molecule has 0 saturated carbocycles. The van der Waals surface area contributed by atoms with Gasteiger partial charge in [0.2, 0.25) is 0 Å². The van der Waals surface area contributed by atoms with Crippen molar-refractivity contribution in [3.63, 3.8) is 0 Å². The van der Waals surface area contributed by atoms with Crippen molar-refractivity contribution in [2.45, 2.75) is 32.4 Å². The number of benzene rings is 1. The third kappa shape index (κ3) is 1.80. The number of aliphatic hydroxyl groups excluding tert-OH is 1. The average Bonchev–Trinajstić information content (AvgIpc) is 2.58. The van der Waals surface area contributed by atoms with E-state index in [0.29, 0.717) is 0 Å². The molecule has 2 nitrogen and oxygen atoms in total. The van der Waals surface area contributed by atoms with Crippen molar-refractivity contribution in [1.82, 2.24) is 4.90 Å². The highest BCUT2D eigenvalue weighted by Crippen LogP contribution is 2.35. The Balaban J connectivity index is 2.32. The maximum atomic E-state index is 10.1. The molecule has 0 amide bonds. The minimum Gasteiger partial charge on any atom is -0.391 e. The fourth-order valence-corrected chi connectivity index (χ4v) is 2.61. The van der Waals surface area contributed by atoms with Gasteiger partial charge in [-0.05, 0) is 24.2 Å². The molecule has 2 heteroatoms. The molecule has 1 N–H and O–H groups in total. The van der Waals surface area contributed by atoms with Gasteiger partial charge in [-0.2, -0.15) is 0 Å². The summed E-state index contributed by atoms with van der Waals surface area (Å²) in [6.45, 7) is 6.29. The van der Waals surface area contributed by atoms with E-state index in [4.69, 9.17) is 0 Å². The fourth-order valence-electron chi connectivity index (χ4n) is 2.61. The van der Waals surface area contributed by atoms with Crippen molar-refractivity contribution < 1.29 is 5.11 Å². The molecule has 2 atom stereocenters. The quantitative estimate of drug-likeness (QED) is 0.815. The van der Waals surface area contributed by atoms with Crippen LogP contribution in [0.2, 0.25) is 0 Å². The van der Waals surface area contributed by atoms with Gasteiger partial charge in [-0.15, -0.1) is 0 Å². The first-order valence-corrected chi connectivity index (χ1v) is 5.77. The second-order valence-electron chi connectivity index (χ2n) is 4.14. The lowest BCUT2D eigenvalue weighted by Gasteiger charge is -2.29. The van der Waals surface area contributed by atoms with Crippen LogP contribution in [0.5, 0.6) is 0 Å². The van der Waals surface area contributed by atoms with Crippen LogP contribution in [0.3, 0.4) is 0 Å².